The van der Waals surface area contributed by atoms with E-state index in [1.807, 2.05) is 13.1 Å². The van der Waals surface area contributed by atoms with E-state index in [9.17, 15) is 10.1 Å². The van der Waals surface area contributed by atoms with Gasteiger partial charge in [0.2, 0.25) is 0 Å². The summed E-state index contributed by atoms with van der Waals surface area (Å²) in [6, 6.07) is 5.22. The molecule has 0 aromatic heterocycles. The Labute approximate surface area is 106 Å². The number of anilines is 2. The van der Waals surface area contributed by atoms with Crippen LogP contribution in [0, 0.1) is 16.0 Å². The largest absolute Gasteiger partial charge is 0.371 e. The summed E-state index contributed by atoms with van der Waals surface area (Å²) in [5.41, 5.74) is 3.89. The van der Waals surface area contributed by atoms with Gasteiger partial charge in [0.05, 0.1) is 10.6 Å². The van der Waals surface area contributed by atoms with Crippen molar-refractivity contribution in [1.29, 1.82) is 0 Å². The molecular formula is C12H18N4O2. The topological polar surface area (TPSA) is 84.4 Å². The Kier molecular flexibility index (Phi) is 3.38. The van der Waals surface area contributed by atoms with Crippen LogP contribution in [0.15, 0.2) is 18.2 Å². The highest BCUT2D eigenvalue weighted by Crippen LogP contribution is 2.37. The van der Waals surface area contributed by atoms with Crippen molar-refractivity contribution < 1.29 is 4.92 Å². The second-order valence-electron chi connectivity index (χ2n) is 4.83. The number of hydrogen-bond acceptors (Lipinski definition) is 5. The maximum absolute atomic E-state index is 10.9. The third kappa shape index (κ3) is 2.53. The van der Waals surface area contributed by atoms with Crippen LogP contribution in [0.1, 0.15) is 19.8 Å². The smallest absolute Gasteiger partial charge is 0.273 e. The molecule has 98 valence electrons. The summed E-state index contributed by atoms with van der Waals surface area (Å²) < 4.78 is 0. The van der Waals surface area contributed by atoms with E-state index in [4.69, 9.17) is 5.84 Å². The average molecular weight is 250 g/mol. The Morgan fingerprint density at radius 1 is 1.50 bits per heavy atom. The predicted octanol–water partition coefficient (Wildman–Crippen LogP) is 2.12. The van der Waals surface area contributed by atoms with Crippen LogP contribution < -0.4 is 16.2 Å². The zero-order chi connectivity index (χ0) is 13.3. The lowest BCUT2D eigenvalue weighted by molar-refractivity contribution is -0.384. The molecule has 1 aromatic rings. The zero-order valence-corrected chi connectivity index (χ0v) is 10.6. The molecule has 0 amide bonds. The van der Waals surface area contributed by atoms with Gasteiger partial charge < -0.3 is 10.3 Å². The molecule has 6 nitrogen and oxygen atoms in total. The molecule has 0 bridgehead atoms. The molecular weight excluding hydrogens is 232 g/mol. The lowest BCUT2D eigenvalue weighted by Gasteiger charge is -2.27. The number of hydrazine groups is 1. The Morgan fingerprint density at radius 3 is 2.67 bits per heavy atom. The van der Waals surface area contributed by atoms with Gasteiger partial charge in [0, 0.05) is 30.9 Å². The van der Waals surface area contributed by atoms with E-state index in [0.717, 1.165) is 5.69 Å². The van der Waals surface area contributed by atoms with Gasteiger partial charge in [-0.1, -0.05) is 0 Å². The number of hydrogen-bond donors (Lipinski definition) is 2. The number of nitro benzene ring substituents is 1. The first-order valence-electron chi connectivity index (χ1n) is 6.02. The first-order valence-corrected chi connectivity index (χ1v) is 6.02. The molecule has 0 heterocycles. The molecule has 0 saturated heterocycles. The highest BCUT2D eigenvalue weighted by molar-refractivity contribution is 5.64. The van der Waals surface area contributed by atoms with Crippen molar-refractivity contribution in [3.63, 3.8) is 0 Å². The first kappa shape index (κ1) is 12.6. The summed E-state index contributed by atoms with van der Waals surface area (Å²) in [4.78, 5) is 12.6. The van der Waals surface area contributed by atoms with Gasteiger partial charge in [0.25, 0.3) is 5.69 Å². The molecule has 1 fully saturated rings. The van der Waals surface area contributed by atoms with E-state index >= 15 is 0 Å². The first-order chi connectivity index (χ1) is 8.52. The normalized spacial score (nSPS) is 16.2. The Bertz CT molecular complexity index is 459. The number of benzene rings is 1. The monoisotopic (exact) mass is 250 g/mol. The summed E-state index contributed by atoms with van der Waals surface area (Å²) in [5.74, 6) is 6.04. The Hall–Kier alpha value is -1.82. The van der Waals surface area contributed by atoms with Gasteiger partial charge in [0.1, 0.15) is 0 Å². The molecule has 0 spiro atoms. The van der Waals surface area contributed by atoms with Crippen molar-refractivity contribution >= 4 is 17.1 Å². The number of rotatable bonds is 5. The minimum absolute atomic E-state index is 0.0512. The highest BCUT2D eigenvalue weighted by Gasteiger charge is 2.31. The number of nitro groups is 1. The van der Waals surface area contributed by atoms with Gasteiger partial charge >= 0.3 is 0 Å². The van der Waals surface area contributed by atoms with E-state index in [2.05, 4.69) is 17.2 Å². The zero-order valence-electron chi connectivity index (χ0n) is 10.6. The van der Waals surface area contributed by atoms with E-state index in [0.29, 0.717) is 17.6 Å². The molecule has 3 N–H and O–H groups in total. The summed E-state index contributed by atoms with van der Waals surface area (Å²) >= 11 is 0. The molecule has 1 aliphatic rings. The van der Waals surface area contributed by atoms with Crippen molar-refractivity contribution in [3.05, 3.63) is 28.3 Å². The molecule has 0 aliphatic heterocycles. The van der Waals surface area contributed by atoms with Gasteiger partial charge in [-0.25, -0.2) is 0 Å². The maximum Gasteiger partial charge on any atom is 0.273 e. The number of nitrogens with two attached hydrogens (primary N) is 1. The molecule has 1 unspecified atom stereocenters. The van der Waals surface area contributed by atoms with E-state index in [1.54, 1.807) is 6.07 Å². The lowest BCUT2D eigenvalue weighted by Crippen LogP contribution is -2.30. The van der Waals surface area contributed by atoms with Crippen molar-refractivity contribution in [2.75, 3.05) is 17.4 Å². The minimum atomic E-state index is -0.403. The van der Waals surface area contributed by atoms with E-state index in [1.165, 1.54) is 18.9 Å². The second kappa shape index (κ2) is 4.81. The fourth-order valence-electron chi connectivity index (χ4n) is 2.12. The van der Waals surface area contributed by atoms with Gasteiger partial charge in [0.15, 0.2) is 0 Å². The fourth-order valence-corrected chi connectivity index (χ4v) is 2.12. The summed E-state index contributed by atoms with van der Waals surface area (Å²) in [6.45, 7) is 2.14. The van der Waals surface area contributed by atoms with Crippen molar-refractivity contribution in [2.24, 2.45) is 11.8 Å². The molecule has 18 heavy (non-hydrogen) atoms. The van der Waals surface area contributed by atoms with Crippen LogP contribution in [0.2, 0.25) is 0 Å². The summed E-state index contributed by atoms with van der Waals surface area (Å²) in [6.07, 6.45) is 2.48. The van der Waals surface area contributed by atoms with Gasteiger partial charge in [-0.05, 0) is 31.7 Å². The number of nitrogens with one attached hydrogen (secondary N) is 1. The third-order valence-corrected chi connectivity index (χ3v) is 3.60. The average Bonchev–Trinajstić information content (AvgIpc) is 3.20. The maximum atomic E-state index is 10.9. The SMILES string of the molecule is CC(C1CC1)N(C)c1cc(NN)cc([N+](=O)[O-])c1. The van der Waals surface area contributed by atoms with Crippen LogP contribution in [-0.4, -0.2) is 18.0 Å². The van der Waals surface area contributed by atoms with Crippen LogP contribution in [0.25, 0.3) is 0 Å². The lowest BCUT2D eigenvalue weighted by atomic mass is 10.1. The molecule has 1 saturated carbocycles. The number of nitrogen functional groups attached to an aromatic ring is 1. The highest BCUT2D eigenvalue weighted by atomic mass is 16.6. The van der Waals surface area contributed by atoms with Crippen molar-refractivity contribution in [3.8, 4) is 0 Å². The van der Waals surface area contributed by atoms with Crippen LogP contribution in [0.3, 0.4) is 0 Å². The van der Waals surface area contributed by atoms with Crippen molar-refractivity contribution in [1.82, 2.24) is 0 Å². The molecule has 6 heteroatoms. The van der Waals surface area contributed by atoms with Crippen LogP contribution in [-0.2, 0) is 0 Å². The van der Waals surface area contributed by atoms with E-state index in [-0.39, 0.29) is 5.69 Å². The molecule has 1 atom stereocenters. The van der Waals surface area contributed by atoms with Crippen LogP contribution in [0.5, 0.6) is 0 Å². The van der Waals surface area contributed by atoms with Gasteiger partial charge in [-0.2, -0.15) is 0 Å². The minimum Gasteiger partial charge on any atom is -0.371 e. The molecule has 1 aromatic carbocycles. The Morgan fingerprint density at radius 2 is 2.17 bits per heavy atom. The molecule has 1 aliphatic carbocycles. The van der Waals surface area contributed by atoms with Crippen LogP contribution in [0.4, 0.5) is 17.1 Å². The van der Waals surface area contributed by atoms with Crippen molar-refractivity contribution in [2.45, 2.75) is 25.8 Å². The Balaban J connectivity index is 2.30. The van der Waals surface area contributed by atoms with Crippen LogP contribution >= 0.6 is 0 Å². The quantitative estimate of drug-likeness (QED) is 0.475. The number of non-ortho nitro benzene ring substituents is 1. The number of nitrogens with zero attached hydrogens (tertiary/aromatic N) is 2. The molecule has 2 rings (SSSR count). The van der Waals surface area contributed by atoms with Gasteiger partial charge in [-0.3, -0.25) is 16.0 Å². The van der Waals surface area contributed by atoms with E-state index < -0.39 is 4.92 Å². The second-order valence-corrected chi connectivity index (χ2v) is 4.83. The predicted molar refractivity (Wildman–Crippen MR) is 71.5 cm³/mol. The summed E-state index contributed by atoms with van der Waals surface area (Å²) in [7, 11) is 1.96. The van der Waals surface area contributed by atoms with Gasteiger partial charge in [-0.15, -0.1) is 0 Å². The summed E-state index contributed by atoms with van der Waals surface area (Å²) in [5, 5.41) is 10.9. The third-order valence-electron chi connectivity index (χ3n) is 3.60. The standard InChI is InChI=1S/C12H18N4O2/c1-8(9-3-4-9)15(2)11-5-10(14-13)6-12(7-11)16(17)18/h5-9,14H,3-4,13H2,1-2H3. The fraction of sp³-hybridized carbons (Fsp3) is 0.500. The molecule has 0 radical (unpaired) electrons.